The summed E-state index contributed by atoms with van der Waals surface area (Å²) in [7, 11) is -3.93. The zero-order valence-electron chi connectivity index (χ0n) is 21.1. The third-order valence-electron chi connectivity index (χ3n) is 6.28. The second-order valence-corrected chi connectivity index (χ2v) is 12.0. The average Bonchev–Trinajstić information content (AvgIpc) is 3.63. The molecule has 0 radical (unpaired) electrons. The zero-order valence-corrected chi connectivity index (χ0v) is 22.7. The largest absolute Gasteiger partial charge is 0.482 e. The van der Waals surface area contributed by atoms with Gasteiger partial charge in [0.2, 0.25) is 10.0 Å². The molecule has 0 unspecified atom stereocenters. The number of halogens is 3. The third-order valence-corrected chi connectivity index (χ3v) is 9.05. The van der Waals surface area contributed by atoms with Gasteiger partial charge in [-0.05, 0) is 54.6 Å². The number of rotatable bonds is 8. The Morgan fingerprint density at radius 1 is 1.02 bits per heavy atom. The molecule has 40 heavy (non-hydrogen) atoms. The number of thiophene rings is 1. The van der Waals surface area contributed by atoms with E-state index in [1.54, 1.807) is 12.1 Å². The number of ether oxygens (including phenoxy) is 1. The van der Waals surface area contributed by atoms with Crippen molar-refractivity contribution < 1.29 is 31.1 Å². The van der Waals surface area contributed by atoms with Gasteiger partial charge in [-0.25, -0.2) is 13.1 Å². The maximum Gasteiger partial charge on any atom is 0.422 e. The minimum absolute atomic E-state index is 0.150. The van der Waals surface area contributed by atoms with Gasteiger partial charge in [0, 0.05) is 19.3 Å². The van der Waals surface area contributed by atoms with Gasteiger partial charge in [0.25, 0.3) is 5.91 Å². The van der Waals surface area contributed by atoms with Crippen LogP contribution in [0.4, 0.5) is 18.9 Å². The molecule has 1 saturated heterocycles. The Hall–Kier alpha value is -3.68. The summed E-state index contributed by atoms with van der Waals surface area (Å²) in [5, 5.41) is 8.99. The van der Waals surface area contributed by atoms with Crippen molar-refractivity contribution in [1.82, 2.24) is 14.1 Å². The average molecular weight is 591 g/mol. The van der Waals surface area contributed by atoms with Gasteiger partial charge in [-0.15, -0.1) is 11.3 Å². The van der Waals surface area contributed by atoms with Crippen LogP contribution >= 0.6 is 11.3 Å². The zero-order chi connectivity index (χ0) is 28.3. The van der Waals surface area contributed by atoms with Crippen molar-refractivity contribution in [2.24, 2.45) is 0 Å². The molecular formula is C27H25F3N4O4S2. The second-order valence-electron chi connectivity index (χ2n) is 9.13. The third kappa shape index (κ3) is 6.21. The minimum atomic E-state index is -4.64. The van der Waals surface area contributed by atoms with Crippen LogP contribution in [-0.2, 0) is 10.0 Å². The van der Waals surface area contributed by atoms with Crippen LogP contribution in [0.25, 0.3) is 16.3 Å². The first-order valence-corrected chi connectivity index (χ1v) is 14.8. The topological polar surface area (TPSA) is 93.5 Å². The van der Waals surface area contributed by atoms with Crippen LogP contribution in [0.1, 0.15) is 29.6 Å². The Morgan fingerprint density at radius 2 is 1.77 bits per heavy atom. The smallest absolute Gasteiger partial charge is 0.422 e. The Kier molecular flexibility index (Phi) is 7.97. The summed E-state index contributed by atoms with van der Waals surface area (Å²) in [5.41, 5.74) is 1.02. The number of alkyl halides is 3. The number of nitrogens with one attached hydrogen (secondary N) is 1. The Balaban J connectivity index is 1.52. The summed E-state index contributed by atoms with van der Waals surface area (Å²) in [6.45, 7) is -0.918. The van der Waals surface area contributed by atoms with Crippen LogP contribution in [0.5, 0.6) is 5.75 Å². The van der Waals surface area contributed by atoms with Gasteiger partial charge in [-0.3, -0.25) is 4.79 Å². The number of hydrogen-bond donors (Lipinski definition) is 1. The molecule has 5 rings (SSSR count). The molecular weight excluding hydrogens is 565 g/mol. The monoisotopic (exact) mass is 590 g/mol. The molecule has 2 aromatic carbocycles. The van der Waals surface area contributed by atoms with Crippen LogP contribution < -0.4 is 10.1 Å². The molecule has 210 valence electrons. The Morgan fingerprint density at radius 3 is 2.45 bits per heavy atom. The molecule has 13 heteroatoms. The molecule has 1 amide bonds. The maximum atomic E-state index is 13.6. The molecule has 0 saturated carbocycles. The molecule has 4 aromatic rings. The van der Waals surface area contributed by atoms with Gasteiger partial charge in [-0.2, -0.15) is 22.6 Å². The summed E-state index contributed by atoms with van der Waals surface area (Å²) in [6, 6.07) is 16.2. The summed E-state index contributed by atoms with van der Waals surface area (Å²) in [5.74, 6) is -0.994. The number of anilines is 1. The van der Waals surface area contributed by atoms with E-state index < -0.39 is 28.7 Å². The molecule has 0 bridgehead atoms. The highest BCUT2D eigenvalue weighted by molar-refractivity contribution is 7.89. The lowest BCUT2D eigenvalue weighted by Gasteiger charge is -2.26. The van der Waals surface area contributed by atoms with E-state index in [1.807, 2.05) is 35.7 Å². The van der Waals surface area contributed by atoms with Crippen LogP contribution in [-0.4, -0.2) is 54.3 Å². The van der Waals surface area contributed by atoms with Crippen LogP contribution in [0.15, 0.2) is 77.1 Å². The number of amides is 1. The molecule has 8 nitrogen and oxygen atoms in total. The van der Waals surface area contributed by atoms with Gasteiger partial charge in [-0.1, -0.05) is 30.7 Å². The van der Waals surface area contributed by atoms with E-state index in [1.165, 1.54) is 32.6 Å². The number of carbonyl (C=O) groups excluding carboxylic acids is 1. The molecule has 1 aliphatic rings. The predicted octanol–water partition coefficient (Wildman–Crippen LogP) is 5.97. The first kappa shape index (κ1) is 27.9. The SMILES string of the molecule is O=C(Nc1cc(S(=O)(=O)N2CCCCC2)ccc1OCC(F)(F)F)c1cn(-c2ccccc2)nc1-c1cccs1. The number of benzene rings is 2. The first-order valence-electron chi connectivity index (χ1n) is 12.5. The number of piperidine rings is 1. The van der Waals surface area contributed by atoms with E-state index >= 15 is 0 Å². The van der Waals surface area contributed by atoms with Crippen molar-refractivity contribution in [3.05, 3.63) is 77.8 Å². The fraction of sp³-hybridized carbons (Fsp3) is 0.259. The van der Waals surface area contributed by atoms with Gasteiger partial charge in [0.05, 0.1) is 26.7 Å². The Labute approximate surface area is 233 Å². The van der Waals surface area contributed by atoms with Gasteiger partial charge in [0.1, 0.15) is 11.4 Å². The van der Waals surface area contributed by atoms with E-state index in [0.29, 0.717) is 42.2 Å². The van der Waals surface area contributed by atoms with Crippen molar-refractivity contribution in [1.29, 1.82) is 0 Å². The van der Waals surface area contributed by atoms with Crippen LogP contribution in [0.3, 0.4) is 0 Å². The molecule has 1 aliphatic heterocycles. The van der Waals surface area contributed by atoms with Crippen molar-refractivity contribution in [2.45, 2.75) is 30.3 Å². The molecule has 1 fully saturated rings. The number of nitrogens with zero attached hydrogens (tertiary/aromatic N) is 3. The van der Waals surface area contributed by atoms with Gasteiger partial charge in [0.15, 0.2) is 6.61 Å². The van der Waals surface area contributed by atoms with E-state index in [9.17, 15) is 26.4 Å². The summed E-state index contributed by atoms with van der Waals surface area (Å²) < 4.78 is 73.3. The molecule has 0 aliphatic carbocycles. The predicted molar refractivity (Wildman–Crippen MR) is 145 cm³/mol. The summed E-state index contributed by atoms with van der Waals surface area (Å²) in [6.07, 6.45) is -0.771. The van der Waals surface area contributed by atoms with E-state index in [0.717, 1.165) is 18.6 Å². The van der Waals surface area contributed by atoms with Crippen LogP contribution in [0, 0.1) is 0 Å². The highest BCUT2D eigenvalue weighted by Crippen LogP contribution is 2.33. The van der Waals surface area contributed by atoms with Gasteiger partial charge < -0.3 is 10.1 Å². The molecule has 3 heterocycles. The highest BCUT2D eigenvalue weighted by atomic mass is 32.2. The fourth-order valence-corrected chi connectivity index (χ4v) is 6.61. The Bertz CT molecular complexity index is 1580. The van der Waals surface area contributed by atoms with Gasteiger partial charge >= 0.3 is 6.18 Å². The molecule has 1 N–H and O–H groups in total. The number of hydrogen-bond acceptors (Lipinski definition) is 6. The van der Waals surface area contributed by atoms with Crippen molar-refractivity contribution >= 4 is 33.0 Å². The molecule has 0 atom stereocenters. The van der Waals surface area contributed by atoms with Crippen molar-refractivity contribution in [2.75, 3.05) is 25.0 Å². The summed E-state index contributed by atoms with van der Waals surface area (Å²) in [4.78, 5) is 14.1. The second kappa shape index (κ2) is 11.4. The first-order chi connectivity index (χ1) is 19.1. The maximum absolute atomic E-state index is 13.6. The normalized spacial score (nSPS) is 14.7. The number of para-hydroxylation sites is 1. The highest BCUT2D eigenvalue weighted by Gasteiger charge is 2.31. The van der Waals surface area contributed by atoms with E-state index in [4.69, 9.17) is 4.74 Å². The number of sulfonamides is 1. The number of aromatic nitrogens is 2. The lowest BCUT2D eigenvalue weighted by molar-refractivity contribution is -0.153. The quantitative estimate of drug-likeness (QED) is 0.273. The van der Waals surface area contributed by atoms with Crippen LogP contribution in [0.2, 0.25) is 0 Å². The fourth-order valence-electron chi connectivity index (χ4n) is 4.35. The standard InChI is InChI=1S/C27H25F3N4O4S2/c28-27(29,30)18-38-23-12-11-20(40(36,37)33-13-5-2-6-14-33)16-22(23)31-26(35)21-17-34(19-8-3-1-4-9-19)32-25(21)24-10-7-15-39-24/h1,3-4,7-12,15-17H,2,5-6,13-14,18H2,(H,31,35). The molecule has 2 aromatic heterocycles. The van der Waals surface area contributed by atoms with Crippen molar-refractivity contribution in [3.8, 4) is 22.0 Å². The lowest BCUT2D eigenvalue weighted by Crippen LogP contribution is -2.35. The van der Waals surface area contributed by atoms with Crippen molar-refractivity contribution in [3.63, 3.8) is 0 Å². The molecule has 0 spiro atoms. The minimum Gasteiger partial charge on any atom is -0.482 e. The summed E-state index contributed by atoms with van der Waals surface area (Å²) >= 11 is 1.37. The van der Waals surface area contributed by atoms with E-state index in [2.05, 4.69) is 10.4 Å². The lowest BCUT2D eigenvalue weighted by atomic mass is 10.2. The number of carbonyl (C=O) groups is 1. The van der Waals surface area contributed by atoms with E-state index in [-0.39, 0.29) is 21.9 Å².